The number of rotatable bonds is 13. The van der Waals surface area contributed by atoms with Crippen LogP contribution in [-0.2, 0) is 37.6 Å². The number of halogens is 8. The fourth-order valence-electron chi connectivity index (χ4n) is 5.89. The Morgan fingerprint density at radius 2 is 1.16 bits per heavy atom. The van der Waals surface area contributed by atoms with Gasteiger partial charge in [0.2, 0.25) is 17.2 Å². The van der Waals surface area contributed by atoms with Gasteiger partial charge in [-0.3, -0.25) is 24.4 Å². The van der Waals surface area contributed by atoms with Crippen molar-refractivity contribution in [2.45, 2.75) is 63.5 Å². The van der Waals surface area contributed by atoms with Crippen LogP contribution in [-0.4, -0.2) is 69.2 Å². The number of aromatic amines is 1. The molecule has 0 unspecified atom stereocenters. The quantitative estimate of drug-likeness (QED) is 0.0373. The van der Waals surface area contributed by atoms with E-state index in [0.717, 1.165) is 40.7 Å². The molecule has 8 rings (SSSR count). The first-order valence-electron chi connectivity index (χ1n) is 21.7. The third-order valence-electron chi connectivity index (χ3n) is 9.33. The Morgan fingerprint density at radius 3 is 1.57 bits per heavy atom. The average Bonchev–Trinajstić information content (AvgIpc) is 4.06. The second-order valence-corrected chi connectivity index (χ2v) is 16.6. The average molecular weight is 1390 g/mol. The van der Waals surface area contributed by atoms with Gasteiger partial charge in [-0.25, -0.2) is 0 Å². The van der Waals surface area contributed by atoms with Crippen LogP contribution in [0.4, 0.5) is 30.7 Å². The number of H-pyrrole nitrogens is 1. The van der Waals surface area contributed by atoms with Crippen LogP contribution in [0.3, 0.4) is 0 Å². The van der Waals surface area contributed by atoms with E-state index in [4.69, 9.17) is 10.4 Å². The standard InChI is InChI=1S/C23H19F3N4O4.C14H8F3N3O3.C9H12BrNO.C2H2FO3.2Cs/c1-22(2,32)18-11-14(9-10-27-18)12-30-13-16(5-8-19(30)31)21-28-20(29-34-21)15-3-6-17(7-4-15)33-23(24,25)26;15-14(16,17)22-10-4-1-8(2-5-10)12-19-13(23-20-12)9-3-6-11(21)18-7-9;1-9(2,12)8-5-7(6-10)3-4-11-8;3-1-5-6-2-4;;/h3-11,13,32H,12H2,1-2H3;1-7H,(H,18,21);3-5,12H,6H2,1-2H3;1-2H;;/q;;;-1;2*+1/i;;;2D;;. The van der Waals surface area contributed by atoms with Crippen molar-refractivity contribution in [3.63, 3.8) is 0 Å². The number of benzene rings is 2. The fourth-order valence-corrected chi connectivity index (χ4v) is 6.23. The van der Waals surface area contributed by atoms with Gasteiger partial charge in [-0.1, -0.05) is 26.2 Å². The van der Waals surface area contributed by atoms with Gasteiger partial charge in [-0.05, 0) is 131 Å². The van der Waals surface area contributed by atoms with E-state index in [1.54, 1.807) is 58.4 Å². The van der Waals surface area contributed by atoms with Crippen LogP contribution in [0.5, 0.6) is 11.5 Å². The molecule has 0 radical (unpaired) electrons. The minimum Gasteiger partial charge on any atom is -0.426 e. The number of nitrogens with zero attached hydrogens (tertiary/aromatic N) is 7. The fraction of sp³-hybridized carbons (Fsp3) is 0.208. The molecule has 6 heterocycles. The summed E-state index contributed by atoms with van der Waals surface area (Å²) in [6.07, 6.45) is -4.71. The molecule has 29 heteroatoms. The maximum atomic E-state index is 12.4. The van der Waals surface area contributed by atoms with Crippen molar-refractivity contribution < 1.29 is 213 Å². The van der Waals surface area contributed by atoms with E-state index in [-0.39, 0.29) is 197 Å². The zero-order chi connectivity index (χ0) is 55.8. The molecule has 3 N–H and O–H groups in total. The Kier molecular flexibility index (Phi) is 26.4. The molecular formula is C48H41BrCs2F7N8O11+. The number of nitrogens with one attached hydrogen (secondary N) is 1. The van der Waals surface area contributed by atoms with Gasteiger partial charge >= 0.3 is 157 Å². The maximum absolute atomic E-state index is 12.4. The molecular weight excluding hydrogens is 1340 g/mol. The molecule has 0 aliphatic heterocycles. The summed E-state index contributed by atoms with van der Waals surface area (Å²) in [6, 6.07) is 23.1. The van der Waals surface area contributed by atoms with Gasteiger partial charge in [0, 0.05) is 53.4 Å². The Morgan fingerprint density at radius 1 is 0.701 bits per heavy atom. The van der Waals surface area contributed by atoms with Gasteiger partial charge in [0.05, 0.1) is 29.1 Å². The van der Waals surface area contributed by atoms with E-state index in [2.05, 4.69) is 70.4 Å². The van der Waals surface area contributed by atoms with Crippen LogP contribution in [0.2, 0.25) is 0 Å². The molecule has 2 aromatic carbocycles. The molecule has 77 heavy (non-hydrogen) atoms. The predicted octanol–water partition coefficient (Wildman–Crippen LogP) is 3.52. The van der Waals surface area contributed by atoms with Crippen molar-refractivity contribution in [3.8, 4) is 57.2 Å². The molecule has 0 amide bonds. The van der Waals surface area contributed by atoms with Crippen LogP contribution in [0.15, 0.2) is 140 Å². The zero-order valence-corrected chi connectivity index (χ0v) is 55.4. The maximum Gasteiger partial charge on any atom is 1.00 e. The molecule has 19 nitrogen and oxygen atoms in total. The van der Waals surface area contributed by atoms with Gasteiger partial charge in [0.25, 0.3) is 17.3 Å². The number of pyridine rings is 4. The van der Waals surface area contributed by atoms with Crippen molar-refractivity contribution in [3.05, 3.63) is 172 Å². The molecule has 6 aromatic heterocycles. The largest absolute Gasteiger partial charge is 1.00 e. The number of carbonyl (C=O) groups is 1. The number of alkyl halides is 7. The van der Waals surface area contributed by atoms with Crippen molar-refractivity contribution in [1.82, 2.24) is 39.8 Å². The Bertz CT molecular complexity index is 3260. The van der Waals surface area contributed by atoms with E-state index in [0.29, 0.717) is 33.6 Å². The van der Waals surface area contributed by atoms with Gasteiger partial charge in [-0.2, -0.15) is 9.97 Å². The van der Waals surface area contributed by atoms with Gasteiger partial charge in [0.15, 0.2) is 1.37 Å². The third-order valence-corrected chi connectivity index (χ3v) is 9.98. The first-order valence-corrected chi connectivity index (χ1v) is 22.3. The second kappa shape index (κ2) is 31.1. The smallest absolute Gasteiger partial charge is 0.426 e. The summed E-state index contributed by atoms with van der Waals surface area (Å²) in [6.45, 7) is 6.58. The first-order chi connectivity index (χ1) is 35.7. The Labute approximate surface area is 559 Å². The van der Waals surface area contributed by atoms with E-state index in [1.165, 1.54) is 59.3 Å². The van der Waals surface area contributed by atoms with Crippen molar-refractivity contribution in [2.24, 2.45) is 0 Å². The number of carbonyl (C=O) groups excluding carboxylic acids is 1. The van der Waals surface area contributed by atoms with E-state index in [1.807, 2.05) is 12.1 Å². The molecule has 0 atom stereocenters. The molecule has 0 aliphatic carbocycles. The summed E-state index contributed by atoms with van der Waals surface area (Å²) in [5.41, 5.74) is 2.44. The number of hydrogen-bond donors (Lipinski definition) is 3. The third kappa shape index (κ3) is 22.9. The molecule has 0 bridgehead atoms. The molecule has 8 aromatic rings. The number of aromatic nitrogens is 8. The summed E-state index contributed by atoms with van der Waals surface area (Å²) < 4.78 is 109. The van der Waals surface area contributed by atoms with E-state index in [9.17, 15) is 55.3 Å². The van der Waals surface area contributed by atoms with Crippen molar-refractivity contribution in [1.29, 1.82) is 0 Å². The summed E-state index contributed by atoms with van der Waals surface area (Å²) in [4.78, 5) is 58.4. The van der Waals surface area contributed by atoms with E-state index < -0.39 is 30.4 Å². The van der Waals surface area contributed by atoms with Crippen LogP contribution < -0.4 is 158 Å². The van der Waals surface area contributed by atoms with Gasteiger partial charge in [0.1, 0.15) is 22.7 Å². The molecule has 0 aliphatic rings. The summed E-state index contributed by atoms with van der Waals surface area (Å²) in [5, 5.41) is 28.2. The predicted molar refractivity (Wildman–Crippen MR) is 253 cm³/mol. The minimum atomic E-state index is -4.78. The molecule has 0 fully saturated rings. The molecule has 0 saturated heterocycles. The summed E-state index contributed by atoms with van der Waals surface area (Å²) in [7, 11) is 0. The Hall–Kier alpha value is -4.04. The molecule has 0 spiro atoms. The zero-order valence-electron chi connectivity index (χ0n) is 42.3. The van der Waals surface area contributed by atoms with Crippen LogP contribution in [0, 0.1) is 6.86 Å². The SMILES string of the molecule is CC(C)(O)c1cc(CBr)ccn1.CC(C)(O)c1cc(Cn2cc(-c3nc(-c4ccc(OC(F)(F)F)cc4)no3)ccc2=O)ccn1.O=c1ccc(-c2nc(-c3ccc(OC(F)(F)F)cc3)no2)c[nH]1.[2H]C(=O)OO[CH-]F.[Cs+].[Cs+]. The van der Waals surface area contributed by atoms with Gasteiger partial charge in [-0.15, -0.1) is 26.3 Å². The summed E-state index contributed by atoms with van der Waals surface area (Å²) >= 11 is 3.35. The second-order valence-electron chi connectivity index (χ2n) is 16.0. The number of ether oxygens (including phenoxy) is 2. The Balaban J connectivity index is 0.000000312. The topological polar surface area (TPSA) is 253 Å². The van der Waals surface area contributed by atoms with Crippen molar-refractivity contribution >= 4 is 22.4 Å². The van der Waals surface area contributed by atoms with Crippen LogP contribution >= 0.6 is 15.9 Å². The normalized spacial score (nSPS) is 11.3. The molecule has 396 valence electrons. The molecule has 0 saturated carbocycles. The number of hydrogen-bond acceptors (Lipinski definition) is 17. The van der Waals surface area contributed by atoms with Crippen molar-refractivity contribution in [2.75, 3.05) is 0 Å². The van der Waals surface area contributed by atoms with Gasteiger partial charge < -0.3 is 52.4 Å². The number of aliphatic hydroxyl groups is 2. The minimum absolute atomic E-state index is 0. The monoisotopic (exact) mass is 1380 g/mol. The van der Waals surface area contributed by atoms with Crippen LogP contribution in [0.1, 0.15) is 51.6 Å². The first kappa shape index (κ1) is 65.5. The summed E-state index contributed by atoms with van der Waals surface area (Å²) in [5.74, 6) is -0.0420. The van der Waals surface area contributed by atoms with Crippen LogP contribution in [0.25, 0.3) is 45.7 Å². The van der Waals surface area contributed by atoms with E-state index >= 15 is 0 Å².